The van der Waals surface area contributed by atoms with E-state index in [9.17, 15) is 13.2 Å². The predicted molar refractivity (Wildman–Crippen MR) is 120 cm³/mol. The van der Waals surface area contributed by atoms with E-state index in [1.165, 1.54) is 4.31 Å². The highest BCUT2D eigenvalue weighted by Gasteiger charge is 2.30. The van der Waals surface area contributed by atoms with Gasteiger partial charge in [0.15, 0.2) is 0 Å². The molecule has 3 rings (SSSR count). The number of nitrogens with one attached hydrogen (secondary N) is 1. The Kier molecular flexibility index (Phi) is 7.32. The van der Waals surface area contributed by atoms with Crippen LogP contribution in [0.15, 0.2) is 47.4 Å². The van der Waals surface area contributed by atoms with Crippen molar-refractivity contribution in [1.82, 2.24) is 9.62 Å². The Bertz CT molecular complexity index is 958. The molecular formula is C24H32N2O3S. The average Bonchev–Trinajstić information content (AvgIpc) is 3.17. The molecule has 1 N–H and O–H groups in total. The molecule has 6 heteroatoms. The summed E-state index contributed by atoms with van der Waals surface area (Å²) in [5.74, 6) is -0.221. The number of nitrogens with zero attached hydrogens (tertiary/aromatic N) is 1. The molecule has 1 saturated carbocycles. The number of amides is 1. The van der Waals surface area contributed by atoms with Gasteiger partial charge in [0, 0.05) is 12.6 Å². The van der Waals surface area contributed by atoms with Crippen molar-refractivity contribution in [3.63, 3.8) is 0 Å². The number of sulfonamides is 1. The van der Waals surface area contributed by atoms with E-state index in [4.69, 9.17) is 0 Å². The van der Waals surface area contributed by atoms with Gasteiger partial charge in [-0.05, 0) is 56.7 Å². The van der Waals surface area contributed by atoms with Gasteiger partial charge in [0.1, 0.15) is 0 Å². The zero-order valence-electron chi connectivity index (χ0n) is 18.1. The van der Waals surface area contributed by atoms with Crippen LogP contribution in [-0.4, -0.2) is 37.8 Å². The lowest BCUT2D eigenvalue weighted by atomic mass is 10.1. The standard InChI is InChI=1S/C24H32N2O3S/c1-18-15-19(2)24(20(3)16-18)30(28,29)26(14-13-21-9-5-4-6-10-21)17-23(27)25-22-11-7-8-12-22/h4-6,9-10,15-16,22H,7-8,11-14,17H2,1-3H3,(H,25,27). The molecule has 1 aliphatic carbocycles. The van der Waals surface area contributed by atoms with E-state index >= 15 is 0 Å². The fraction of sp³-hybridized carbons (Fsp3) is 0.458. The number of carbonyl (C=O) groups excluding carboxylic acids is 1. The van der Waals surface area contributed by atoms with E-state index in [-0.39, 0.29) is 25.0 Å². The predicted octanol–water partition coefficient (Wildman–Crippen LogP) is 3.90. The summed E-state index contributed by atoms with van der Waals surface area (Å²) in [4.78, 5) is 13.0. The molecule has 0 aromatic heterocycles. The fourth-order valence-electron chi connectivity index (χ4n) is 4.39. The molecule has 0 unspecified atom stereocenters. The highest BCUT2D eigenvalue weighted by Crippen LogP contribution is 2.26. The van der Waals surface area contributed by atoms with Crippen LogP contribution < -0.4 is 5.32 Å². The van der Waals surface area contributed by atoms with Gasteiger partial charge in [0.25, 0.3) is 0 Å². The van der Waals surface area contributed by atoms with E-state index in [0.29, 0.717) is 22.4 Å². The van der Waals surface area contributed by atoms with Gasteiger partial charge in [-0.3, -0.25) is 4.79 Å². The second-order valence-corrected chi connectivity index (χ2v) is 10.2. The summed E-state index contributed by atoms with van der Waals surface area (Å²) in [6.45, 7) is 5.70. The molecule has 0 aliphatic heterocycles. The third-order valence-corrected chi connectivity index (χ3v) is 7.89. The summed E-state index contributed by atoms with van der Waals surface area (Å²) in [7, 11) is -3.81. The van der Waals surface area contributed by atoms with Gasteiger partial charge < -0.3 is 5.32 Å². The quantitative estimate of drug-likeness (QED) is 0.693. The van der Waals surface area contributed by atoms with Gasteiger partial charge in [0.2, 0.25) is 15.9 Å². The first-order chi connectivity index (χ1) is 14.3. The molecule has 5 nitrogen and oxygen atoms in total. The highest BCUT2D eigenvalue weighted by atomic mass is 32.2. The minimum absolute atomic E-state index is 0.154. The van der Waals surface area contributed by atoms with Crippen molar-refractivity contribution in [2.45, 2.75) is 63.8 Å². The van der Waals surface area contributed by atoms with Crippen LogP contribution in [0, 0.1) is 20.8 Å². The van der Waals surface area contributed by atoms with Crippen molar-refractivity contribution < 1.29 is 13.2 Å². The van der Waals surface area contributed by atoms with Crippen molar-refractivity contribution in [2.75, 3.05) is 13.1 Å². The molecule has 0 radical (unpaired) electrons. The molecule has 0 spiro atoms. The normalized spacial score (nSPS) is 14.9. The lowest BCUT2D eigenvalue weighted by Gasteiger charge is -2.25. The maximum absolute atomic E-state index is 13.6. The molecule has 162 valence electrons. The molecule has 1 amide bonds. The van der Waals surface area contributed by atoms with Crippen molar-refractivity contribution in [3.05, 3.63) is 64.7 Å². The number of hydrogen-bond donors (Lipinski definition) is 1. The molecule has 1 fully saturated rings. The summed E-state index contributed by atoms with van der Waals surface area (Å²) in [5, 5.41) is 3.02. The maximum atomic E-state index is 13.6. The Morgan fingerprint density at radius 2 is 1.63 bits per heavy atom. The summed E-state index contributed by atoms with van der Waals surface area (Å²) in [6.07, 6.45) is 4.73. The van der Waals surface area contributed by atoms with E-state index in [1.54, 1.807) is 0 Å². The largest absolute Gasteiger partial charge is 0.352 e. The number of carbonyl (C=O) groups is 1. The molecule has 2 aromatic rings. The second kappa shape index (κ2) is 9.75. The van der Waals surface area contributed by atoms with Crippen molar-refractivity contribution in [2.24, 2.45) is 0 Å². The number of rotatable bonds is 8. The first-order valence-electron chi connectivity index (χ1n) is 10.7. The zero-order chi connectivity index (χ0) is 21.7. The molecule has 0 atom stereocenters. The van der Waals surface area contributed by atoms with Crippen LogP contribution in [0.3, 0.4) is 0 Å². The maximum Gasteiger partial charge on any atom is 0.244 e. The Morgan fingerprint density at radius 1 is 1.03 bits per heavy atom. The molecule has 30 heavy (non-hydrogen) atoms. The van der Waals surface area contributed by atoms with Crippen molar-refractivity contribution in [1.29, 1.82) is 0 Å². The Labute approximate surface area is 180 Å². The Balaban J connectivity index is 1.86. The third kappa shape index (κ3) is 5.49. The van der Waals surface area contributed by atoms with Crippen LogP contribution in [0.25, 0.3) is 0 Å². The van der Waals surface area contributed by atoms with E-state index in [2.05, 4.69) is 5.32 Å². The summed E-state index contributed by atoms with van der Waals surface area (Å²) < 4.78 is 28.6. The fourth-order valence-corrected chi connectivity index (χ4v) is 6.20. The van der Waals surface area contributed by atoms with E-state index in [0.717, 1.165) is 36.8 Å². The average molecular weight is 429 g/mol. The lowest BCUT2D eigenvalue weighted by Crippen LogP contribution is -2.44. The number of hydrogen-bond acceptors (Lipinski definition) is 3. The van der Waals surface area contributed by atoms with E-state index < -0.39 is 10.0 Å². The first kappa shape index (κ1) is 22.5. The Morgan fingerprint density at radius 3 is 2.23 bits per heavy atom. The van der Waals surface area contributed by atoms with Gasteiger partial charge in [0.05, 0.1) is 11.4 Å². The SMILES string of the molecule is Cc1cc(C)c(S(=O)(=O)N(CCc2ccccc2)CC(=O)NC2CCCC2)c(C)c1. The third-order valence-electron chi connectivity index (χ3n) is 5.74. The highest BCUT2D eigenvalue weighted by molar-refractivity contribution is 7.89. The Hall–Kier alpha value is -2.18. The van der Waals surface area contributed by atoms with Gasteiger partial charge in [-0.1, -0.05) is 60.9 Å². The van der Waals surface area contributed by atoms with Crippen LogP contribution in [0.2, 0.25) is 0 Å². The number of benzene rings is 2. The van der Waals surface area contributed by atoms with Crippen LogP contribution in [0.4, 0.5) is 0 Å². The monoisotopic (exact) mass is 428 g/mol. The van der Waals surface area contributed by atoms with Crippen LogP contribution >= 0.6 is 0 Å². The molecule has 1 aliphatic rings. The molecule has 0 saturated heterocycles. The van der Waals surface area contributed by atoms with Gasteiger partial charge >= 0.3 is 0 Å². The van der Waals surface area contributed by atoms with Gasteiger partial charge in [-0.2, -0.15) is 4.31 Å². The molecule has 0 heterocycles. The molecule has 2 aromatic carbocycles. The van der Waals surface area contributed by atoms with Crippen LogP contribution in [0.1, 0.15) is 47.9 Å². The van der Waals surface area contributed by atoms with Crippen LogP contribution in [-0.2, 0) is 21.2 Å². The number of aryl methyl sites for hydroxylation is 3. The topological polar surface area (TPSA) is 66.5 Å². The molecular weight excluding hydrogens is 396 g/mol. The van der Waals surface area contributed by atoms with E-state index in [1.807, 2.05) is 63.2 Å². The van der Waals surface area contributed by atoms with Crippen LogP contribution in [0.5, 0.6) is 0 Å². The van der Waals surface area contributed by atoms with Gasteiger partial charge in [-0.25, -0.2) is 8.42 Å². The zero-order valence-corrected chi connectivity index (χ0v) is 19.0. The molecule has 0 bridgehead atoms. The van der Waals surface area contributed by atoms with Crippen molar-refractivity contribution in [3.8, 4) is 0 Å². The lowest BCUT2D eigenvalue weighted by molar-refractivity contribution is -0.122. The van der Waals surface area contributed by atoms with Gasteiger partial charge in [-0.15, -0.1) is 0 Å². The first-order valence-corrected chi connectivity index (χ1v) is 12.1. The summed E-state index contributed by atoms with van der Waals surface area (Å²) >= 11 is 0. The second-order valence-electron chi connectivity index (χ2n) is 8.35. The summed E-state index contributed by atoms with van der Waals surface area (Å²) in [6, 6.07) is 13.7. The minimum Gasteiger partial charge on any atom is -0.352 e. The smallest absolute Gasteiger partial charge is 0.244 e. The van der Waals surface area contributed by atoms with Crippen molar-refractivity contribution >= 4 is 15.9 Å². The summed E-state index contributed by atoms with van der Waals surface area (Å²) in [5.41, 5.74) is 3.51. The minimum atomic E-state index is -3.81.